The highest BCUT2D eigenvalue weighted by Crippen LogP contribution is 2.39. The van der Waals surface area contributed by atoms with E-state index in [2.05, 4.69) is 10.6 Å². The quantitative estimate of drug-likeness (QED) is 0.615. The van der Waals surface area contributed by atoms with Crippen molar-refractivity contribution in [3.05, 3.63) is 47.2 Å². The Kier molecular flexibility index (Phi) is 6.27. The van der Waals surface area contributed by atoms with Crippen LogP contribution in [0.5, 0.6) is 5.75 Å². The minimum Gasteiger partial charge on any atom is -0.484 e. The van der Waals surface area contributed by atoms with Gasteiger partial charge in [-0.15, -0.1) is 0 Å². The molecule has 2 aromatic carbocycles. The lowest BCUT2D eigenvalue weighted by Crippen LogP contribution is -2.52. The summed E-state index contributed by atoms with van der Waals surface area (Å²) in [7, 11) is -4.24. The first-order chi connectivity index (χ1) is 14.5. The van der Waals surface area contributed by atoms with Crippen molar-refractivity contribution in [1.29, 1.82) is 0 Å². The first kappa shape index (κ1) is 22.6. The number of nitrogens with zero attached hydrogens (tertiary/aromatic N) is 1. The maximum absolute atomic E-state index is 13.6. The Morgan fingerprint density at radius 2 is 2.00 bits per heavy atom. The average Bonchev–Trinajstić information content (AvgIpc) is 2.68. The molecule has 2 atom stereocenters. The lowest BCUT2D eigenvalue weighted by molar-refractivity contribution is -0.120. The molecule has 0 bridgehead atoms. The molecule has 1 unspecified atom stereocenters. The summed E-state index contributed by atoms with van der Waals surface area (Å²) in [5, 5.41) is 13.4. The van der Waals surface area contributed by atoms with E-state index in [1.165, 1.54) is 25.1 Å². The molecule has 31 heavy (non-hydrogen) atoms. The lowest BCUT2D eigenvalue weighted by Gasteiger charge is -2.38. The molecule has 12 heteroatoms. The van der Waals surface area contributed by atoms with Gasteiger partial charge in [0.1, 0.15) is 17.7 Å². The molecule has 2 aromatic rings. The van der Waals surface area contributed by atoms with Gasteiger partial charge >= 0.3 is 6.09 Å². The van der Waals surface area contributed by atoms with E-state index in [-0.39, 0.29) is 39.5 Å². The van der Waals surface area contributed by atoms with Crippen LogP contribution in [0.15, 0.2) is 41.3 Å². The Labute approximate surface area is 182 Å². The molecule has 0 aromatic heterocycles. The van der Waals surface area contributed by atoms with Crippen LogP contribution in [0.3, 0.4) is 0 Å². The minimum absolute atomic E-state index is 0.0815. The fourth-order valence-electron chi connectivity index (χ4n) is 3.14. The molecule has 2 amide bonds. The van der Waals surface area contributed by atoms with E-state index in [1.54, 1.807) is 6.92 Å². The Morgan fingerprint density at radius 1 is 1.29 bits per heavy atom. The molecule has 0 saturated heterocycles. The molecule has 3 N–H and O–H groups in total. The maximum atomic E-state index is 13.6. The number of carbonyl (C=O) groups is 2. The average molecular weight is 472 g/mol. The molecule has 0 saturated carbocycles. The highest BCUT2D eigenvalue weighted by Gasteiger charge is 2.37. The highest BCUT2D eigenvalue weighted by molar-refractivity contribution is 7.92. The summed E-state index contributed by atoms with van der Waals surface area (Å²) < 4.78 is 47.3. The van der Waals surface area contributed by atoms with Gasteiger partial charge in [0, 0.05) is 12.6 Å². The van der Waals surface area contributed by atoms with E-state index in [1.807, 2.05) is 0 Å². The molecular weight excluding hydrogens is 453 g/mol. The lowest BCUT2D eigenvalue weighted by atomic mass is 10.1. The molecule has 1 heterocycles. The SMILES string of the molecule is CC(=O)N[C@@H](C)C1CN(S(=O)(=O)c2ccc(F)c(Cl)c2)c2cc(NC(=O)O)ccc2O1. The van der Waals surface area contributed by atoms with Crippen LogP contribution in [-0.4, -0.2) is 44.2 Å². The number of anilines is 2. The van der Waals surface area contributed by atoms with E-state index >= 15 is 0 Å². The summed E-state index contributed by atoms with van der Waals surface area (Å²) in [4.78, 5) is 22.2. The zero-order chi connectivity index (χ0) is 22.9. The van der Waals surface area contributed by atoms with E-state index in [0.717, 1.165) is 22.5 Å². The Hall–Kier alpha value is -3.05. The predicted molar refractivity (Wildman–Crippen MR) is 112 cm³/mol. The number of fused-ring (bicyclic) bond motifs is 1. The molecular formula is C19H19ClFN3O6S. The van der Waals surface area contributed by atoms with Gasteiger partial charge in [0.25, 0.3) is 10.0 Å². The van der Waals surface area contributed by atoms with Crippen LogP contribution in [0.2, 0.25) is 5.02 Å². The fourth-order valence-corrected chi connectivity index (χ4v) is 4.89. The first-order valence-corrected chi connectivity index (χ1v) is 10.9. The molecule has 1 aliphatic heterocycles. The third-order valence-corrected chi connectivity index (χ3v) is 6.64. The van der Waals surface area contributed by atoms with Crippen molar-refractivity contribution in [2.24, 2.45) is 0 Å². The van der Waals surface area contributed by atoms with Crippen molar-refractivity contribution >= 4 is 45.0 Å². The molecule has 166 valence electrons. The molecule has 1 aliphatic rings. The number of hydrogen-bond donors (Lipinski definition) is 3. The minimum atomic E-state index is -4.24. The normalized spacial score (nSPS) is 16.6. The smallest absolute Gasteiger partial charge is 0.409 e. The molecule has 0 radical (unpaired) electrons. The summed E-state index contributed by atoms with van der Waals surface area (Å²) in [5.74, 6) is -0.920. The number of nitrogens with one attached hydrogen (secondary N) is 2. The van der Waals surface area contributed by atoms with Gasteiger partial charge in [-0.2, -0.15) is 0 Å². The third kappa shape index (κ3) is 4.83. The second-order valence-electron chi connectivity index (χ2n) is 6.87. The number of sulfonamides is 1. The van der Waals surface area contributed by atoms with E-state index in [9.17, 15) is 22.4 Å². The van der Waals surface area contributed by atoms with Crippen LogP contribution >= 0.6 is 11.6 Å². The largest absolute Gasteiger partial charge is 0.484 e. The van der Waals surface area contributed by atoms with Gasteiger partial charge in [-0.1, -0.05) is 11.6 Å². The van der Waals surface area contributed by atoms with E-state index < -0.39 is 34.1 Å². The molecule has 3 rings (SSSR count). The van der Waals surface area contributed by atoms with Gasteiger partial charge in [0.2, 0.25) is 5.91 Å². The number of rotatable bonds is 5. The van der Waals surface area contributed by atoms with Crippen molar-refractivity contribution < 1.29 is 32.2 Å². The van der Waals surface area contributed by atoms with Crippen LogP contribution in [0, 0.1) is 5.82 Å². The van der Waals surface area contributed by atoms with Crippen molar-refractivity contribution in [2.45, 2.75) is 30.9 Å². The van der Waals surface area contributed by atoms with Crippen LogP contribution in [0.1, 0.15) is 13.8 Å². The monoisotopic (exact) mass is 471 g/mol. The van der Waals surface area contributed by atoms with Crippen LogP contribution < -0.4 is 19.7 Å². The Morgan fingerprint density at radius 3 is 2.61 bits per heavy atom. The fraction of sp³-hybridized carbons (Fsp3) is 0.263. The standard InChI is InChI=1S/C19H19ClFN3O6S/c1-10(22-11(2)25)18-9-24(31(28,29)13-4-5-15(21)14(20)8-13)16-7-12(23-19(26)27)3-6-17(16)30-18/h3-8,10,18,23H,9H2,1-2H3,(H,22,25)(H,26,27)/t10-,18?/m0/s1. The molecule has 0 fully saturated rings. The first-order valence-electron chi connectivity index (χ1n) is 9.04. The predicted octanol–water partition coefficient (Wildman–Crippen LogP) is 3.05. The van der Waals surface area contributed by atoms with Gasteiger partial charge in [-0.25, -0.2) is 17.6 Å². The number of halogens is 2. The van der Waals surface area contributed by atoms with Crippen molar-refractivity contribution in [3.8, 4) is 5.75 Å². The zero-order valence-electron chi connectivity index (χ0n) is 16.4. The summed E-state index contributed by atoms with van der Waals surface area (Å²) in [6.45, 7) is 2.80. The molecule has 0 aliphatic carbocycles. The Balaban J connectivity index is 2.09. The summed E-state index contributed by atoms with van der Waals surface area (Å²) in [6, 6.07) is 6.62. The number of benzene rings is 2. The number of carboxylic acid groups (broad SMARTS) is 1. The third-order valence-electron chi connectivity index (χ3n) is 4.57. The van der Waals surface area contributed by atoms with Crippen LogP contribution in [0.4, 0.5) is 20.6 Å². The van der Waals surface area contributed by atoms with Gasteiger partial charge in [-0.05, 0) is 43.3 Å². The number of hydrogen-bond acceptors (Lipinski definition) is 5. The maximum Gasteiger partial charge on any atom is 0.409 e. The molecule has 0 spiro atoms. The number of ether oxygens (including phenoxy) is 1. The van der Waals surface area contributed by atoms with Gasteiger partial charge in [-0.3, -0.25) is 14.4 Å². The Bertz CT molecular complexity index is 1140. The van der Waals surface area contributed by atoms with Crippen LogP contribution in [0.25, 0.3) is 0 Å². The summed E-state index contributed by atoms with van der Waals surface area (Å²) in [5.41, 5.74) is 0.207. The van der Waals surface area contributed by atoms with Gasteiger partial charge in [0.15, 0.2) is 0 Å². The van der Waals surface area contributed by atoms with Crippen molar-refractivity contribution in [1.82, 2.24) is 5.32 Å². The van der Waals surface area contributed by atoms with E-state index in [0.29, 0.717) is 0 Å². The number of amides is 2. The van der Waals surface area contributed by atoms with Crippen molar-refractivity contribution in [2.75, 3.05) is 16.2 Å². The zero-order valence-corrected chi connectivity index (χ0v) is 18.0. The highest BCUT2D eigenvalue weighted by atomic mass is 35.5. The molecule has 9 nitrogen and oxygen atoms in total. The summed E-state index contributed by atoms with van der Waals surface area (Å²) in [6.07, 6.45) is -2.08. The van der Waals surface area contributed by atoms with Crippen LogP contribution in [-0.2, 0) is 14.8 Å². The second-order valence-corrected chi connectivity index (χ2v) is 9.14. The van der Waals surface area contributed by atoms with E-state index in [4.69, 9.17) is 21.4 Å². The van der Waals surface area contributed by atoms with Gasteiger partial charge in [0.05, 0.1) is 28.2 Å². The summed E-state index contributed by atoms with van der Waals surface area (Å²) >= 11 is 5.77. The topological polar surface area (TPSA) is 125 Å². The van der Waals surface area contributed by atoms with Crippen molar-refractivity contribution in [3.63, 3.8) is 0 Å². The van der Waals surface area contributed by atoms with Gasteiger partial charge < -0.3 is 15.2 Å². The second kappa shape index (κ2) is 8.60. The number of carbonyl (C=O) groups excluding carboxylic acids is 1.